The monoisotopic (exact) mass is 260 g/mol. The number of nitrogens with one attached hydrogen (secondary N) is 1. The highest BCUT2D eigenvalue weighted by Gasteiger charge is 2.58. The molecule has 1 atom stereocenters. The first-order valence-electron chi connectivity index (χ1n) is 6.90. The number of nitrogens with zero attached hydrogens (tertiary/aromatic N) is 1. The molecule has 4 heteroatoms. The van der Waals surface area contributed by atoms with Gasteiger partial charge >= 0.3 is 0 Å². The van der Waals surface area contributed by atoms with Crippen molar-refractivity contribution < 1.29 is 9.90 Å². The van der Waals surface area contributed by atoms with Gasteiger partial charge < -0.3 is 15.3 Å². The van der Waals surface area contributed by atoms with Crippen LogP contribution in [-0.2, 0) is 4.79 Å². The third kappa shape index (κ3) is 2.21. The molecule has 0 aromatic heterocycles. The summed E-state index contributed by atoms with van der Waals surface area (Å²) in [7, 11) is 1.80. The van der Waals surface area contributed by atoms with E-state index in [9.17, 15) is 9.90 Å². The van der Waals surface area contributed by atoms with Crippen LogP contribution in [-0.4, -0.2) is 31.2 Å². The van der Waals surface area contributed by atoms with Crippen LogP contribution in [0.2, 0.25) is 0 Å². The molecule has 1 aromatic rings. The van der Waals surface area contributed by atoms with Gasteiger partial charge in [-0.1, -0.05) is 6.07 Å². The molecule has 1 spiro atoms. The first kappa shape index (κ1) is 12.5. The van der Waals surface area contributed by atoms with Gasteiger partial charge in [-0.15, -0.1) is 0 Å². The van der Waals surface area contributed by atoms with Crippen molar-refractivity contribution in [3.63, 3.8) is 0 Å². The second kappa shape index (κ2) is 4.53. The Balaban J connectivity index is 1.71. The maximum Gasteiger partial charge on any atom is 0.230 e. The zero-order valence-electron chi connectivity index (χ0n) is 11.2. The summed E-state index contributed by atoms with van der Waals surface area (Å²) >= 11 is 0. The Bertz CT molecular complexity index is 495. The van der Waals surface area contributed by atoms with E-state index in [-0.39, 0.29) is 23.0 Å². The molecule has 4 nitrogen and oxygen atoms in total. The van der Waals surface area contributed by atoms with Crippen molar-refractivity contribution in [2.75, 3.05) is 25.0 Å². The van der Waals surface area contributed by atoms with Crippen LogP contribution in [0.25, 0.3) is 0 Å². The summed E-state index contributed by atoms with van der Waals surface area (Å²) in [4.78, 5) is 14.2. The highest BCUT2D eigenvalue weighted by Crippen LogP contribution is 2.59. The quantitative estimate of drug-likeness (QED) is 0.851. The lowest BCUT2D eigenvalue weighted by Crippen LogP contribution is -2.34. The average molecular weight is 260 g/mol. The van der Waals surface area contributed by atoms with Gasteiger partial charge in [-0.3, -0.25) is 4.79 Å². The van der Waals surface area contributed by atoms with Gasteiger partial charge in [-0.2, -0.15) is 0 Å². The number of hydrogen-bond donors (Lipinski definition) is 2. The maximum absolute atomic E-state index is 12.5. The standard InChI is InChI=1S/C15H20N2O2/c1-17(11-3-2-4-12(18)9-11)14(19)13-10-15(13)5-7-16-8-6-15/h2-4,9,13,16,18H,5-8,10H2,1H3. The summed E-state index contributed by atoms with van der Waals surface area (Å²) in [6.07, 6.45) is 3.24. The average Bonchev–Trinajstić information content (AvgIpc) is 3.11. The summed E-state index contributed by atoms with van der Waals surface area (Å²) < 4.78 is 0. The smallest absolute Gasteiger partial charge is 0.230 e. The molecule has 1 saturated carbocycles. The number of phenols is 1. The molecule has 1 aromatic carbocycles. The number of hydrogen-bond acceptors (Lipinski definition) is 3. The van der Waals surface area contributed by atoms with Crippen LogP contribution in [0.15, 0.2) is 24.3 Å². The number of piperidine rings is 1. The lowest BCUT2D eigenvalue weighted by molar-refractivity contribution is -0.120. The van der Waals surface area contributed by atoms with E-state index in [0.717, 1.165) is 38.0 Å². The molecule has 1 aliphatic carbocycles. The molecule has 19 heavy (non-hydrogen) atoms. The minimum Gasteiger partial charge on any atom is -0.508 e. The summed E-state index contributed by atoms with van der Waals surface area (Å²) in [5, 5.41) is 12.8. The van der Waals surface area contributed by atoms with Gasteiger partial charge in [0.05, 0.1) is 0 Å². The lowest BCUT2D eigenvalue weighted by Gasteiger charge is -2.25. The van der Waals surface area contributed by atoms with Gasteiger partial charge in [-0.05, 0) is 49.9 Å². The van der Waals surface area contributed by atoms with Crippen LogP contribution in [0, 0.1) is 11.3 Å². The predicted octanol–water partition coefficient (Wildman–Crippen LogP) is 1.74. The molecule has 1 heterocycles. The van der Waals surface area contributed by atoms with Crippen LogP contribution in [0.4, 0.5) is 5.69 Å². The van der Waals surface area contributed by atoms with E-state index < -0.39 is 0 Å². The van der Waals surface area contributed by atoms with Crippen molar-refractivity contribution in [1.82, 2.24) is 5.32 Å². The lowest BCUT2D eigenvalue weighted by atomic mass is 9.91. The summed E-state index contributed by atoms with van der Waals surface area (Å²) in [6, 6.07) is 6.87. The first-order valence-corrected chi connectivity index (χ1v) is 6.90. The molecule has 2 fully saturated rings. The minimum atomic E-state index is 0.168. The van der Waals surface area contributed by atoms with Gasteiger partial charge in [0.15, 0.2) is 0 Å². The Kier molecular flexibility index (Phi) is 2.97. The predicted molar refractivity (Wildman–Crippen MR) is 74.2 cm³/mol. The van der Waals surface area contributed by atoms with Crippen LogP contribution < -0.4 is 10.2 Å². The summed E-state index contributed by atoms with van der Waals surface area (Å²) in [5.41, 5.74) is 1.02. The number of anilines is 1. The van der Waals surface area contributed by atoms with E-state index in [1.54, 1.807) is 30.1 Å². The Hall–Kier alpha value is -1.55. The zero-order valence-corrected chi connectivity index (χ0v) is 11.2. The van der Waals surface area contributed by atoms with Crippen LogP contribution in [0.3, 0.4) is 0 Å². The van der Waals surface area contributed by atoms with Crippen molar-refractivity contribution in [2.45, 2.75) is 19.3 Å². The molecule has 0 bridgehead atoms. The first-order chi connectivity index (χ1) is 9.12. The van der Waals surface area contributed by atoms with Crippen molar-refractivity contribution >= 4 is 11.6 Å². The minimum absolute atomic E-state index is 0.168. The van der Waals surface area contributed by atoms with E-state index >= 15 is 0 Å². The normalized spacial score (nSPS) is 24.2. The largest absolute Gasteiger partial charge is 0.508 e. The van der Waals surface area contributed by atoms with Gasteiger partial charge in [0.2, 0.25) is 5.91 Å². The highest BCUT2D eigenvalue weighted by atomic mass is 16.3. The molecule has 0 radical (unpaired) electrons. The molecule has 102 valence electrons. The van der Waals surface area contributed by atoms with Crippen LogP contribution in [0.5, 0.6) is 5.75 Å². The van der Waals surface area contributed by atoms with E-state index in [1.807, 2.05) is 6.07 Å². The molecule has 1 aliphatic heterocycles. The number of aromatic hydroxyl groups is 1. The van der Waals surface area contributed by atoms with Crippen molar-refractivity contribution in [2.24, 2.45) is 11.3 Å². The van der Waals surface area contributed by atoms with E-state index in [2.05, 4.69) is 5.32 Å². The molecule has 1 unspecified atom stereocenters. The maximum atomic E-state index is 12.5. The van der Waals surface area contributed by atoms with E-state index in [4.69, 9.17) is 0 Å². The fraction of sp³-hybridized carbons (Fsp3) is 0.533. The number of carbonyl (C=O) groups is 1. The number of phenolic OH excluding ortho intramolecular Hbond substituents is 1. The van der Waals surface area contributed by atoms with Gasteiger partial charge in [0, 0.05) is 24.7 Å². The Morgan fingerprint density at radius 3 is 2.84 bits per heavy atom. The third-order valence-corrected chi connectivity index (χ3v) is 4.63. The Morgan fingerprint density at radius 2 is 2.16 bits per heavy atom. The second-order valence-electron chi connectivity index (χ2n) is 5.79. The zero-order chi connectivity index (χ0) is 13.5. The fourth-order valence-electron chi connectivity index (χ4n) is 3.24. The van der Waals surface area contributed by atoms with Crippen LogP contribution in [0.1, 0.15) is 19.3 Å². The third-order valence-electron chi connectivity index (χ3n) is 4.63. The molecular weight excluding hydrogens is 240 g/mol. The molecular formula is C15H20N2O2. The Labute approximate surface area is 113 Å². The van der Waals surface area contributed by atoms with Crippen LogP contribution >= 0.6 is 0 Å². The van der Waals surface area contributed by atoms with Crippen molar-refractivity contribution in [3.8, 4) is 5.75 Å². The molecule has 1 saturated heterocycles. The summed E-state index contributed by atoms with van der Waals surface area (Å²) in [6.45, 7) is 2.05. The fourth-order valence-corrected chi connectivity index (χ4v) is 3.24. The second-order valence-corrected chi connectivity index (χ2v) is 5.79. The van der Waals surface area contributed by atoms with E-state index in [0.29, 0.717) is 0 Å². The molecule has 3 rings (SSSR count). The SMILES string of the molecule is CN(C(=O)C1CC12CCNCC2)c1cccc(O)c1. The molecule has 1 amide bonds. The number of carbonyl (C=O) groups excluding carboxylic acids is 1. The topological polar surface area (TPSA) is 52.6 Å². The van der Waals surface area contributed by atoms with Gasteiger partial charge in [-0.25, -0.2) is 0 Å². The van der Waals surface area contributed by atoms with Crippen molar-refractivity contribution in [3.05, 3.63) is 24.3 Å². The summed E-state index contributed by atoms with van der Waals surface area (Å²) in [5.74, 6) is 0.555. The number of benzene rings is 1. The molecule has 2 N–H and O–H groups in total. The molecule has 2 aliphatic rings. The highest BCUT2D eigenvalue weighted by molar-refractivity contribution is 5.97. The van der Waals surface area contributed by atoms with E-state index in [1.165, 1.54) is 0 Å². The Morgan fingerprint density at radius 1 is 1.42 bits per heavy atom. The van der Waals surface area contributed by atoms with Crippen molar-refractivity contribution in [1.29, 1.82) is 0 Å². The number of amides is 1. The van der Waals surface area contributed by atoms with Gasteiger partial charge in [0.1, 0.15) is 5.75 Å². The van der Waals surface area contributed by atoms with Gasteiger partial charge in [0.25, 0.3) is 0 Å². The number of rotatable bonds is 2.